The summed E-state index contributed by atoms with van der Waals surface area (Å²) < 4.78 is 0. The van der Waals surface area contributed by atoms with Gasteiger partial charge < -0.3 is 4.90 Å². The molecule has 1 aliphatic heterocycles. The lowest BCUT2D eigenvalue weighted by Crippen LogP contribution is -2.44. The third-order valence-electron chi connectivity index (χ3n) is 5.59. The van der Waals surface area contributed by atoms with Crippen LogP contribution in [-0.4, -0.2) is 29.1 Å². The van der Waals surface area contributed by atoms with Gasteiger partial charge in [-0.15, -0.1) is 0 Å². The molecule has 1 saturated heterocycles. The second-order valence-electron chi connectivity index (χ2n) is 8.06. The maximum atomic E-state index is 12.9. The van der Waals surface area contributed by atoms with Crippen LogP contribution in [0, 0.1) is 17.8 Å². The molecule has 0 radical (unpaired) electrons. The van der Waals surface area contributed by atoms with Crippen molar-refractivity contribution in [1.82, 2.24) is 10.2 Å². The number of nitrogens with one attached hydrogen (secondary N) is 1. The lowest BCUT2D eigenvalue weighted by atomic mass is 9.82. The van der Waals surface area contributed by atoms with Crippen LogP contribution in [0.3, 0.4) is 0 Å². The largest absolute Gasteiger partial charge is 0.325 e. The molecule has 2 rings (SSSR count). The summed E-state index contributed by atoms with van der Waals surface area (Å²) >= 11 is 0. The zero-order valence-electron chi connectivity index (χ0n) is 14.6. The standard InChI is InChI=1S/C18H34N2O/c1-6-18(5)17(21)20(16(19-18)11-13(2)3)12-15-9-7-14(4)8-10-15/h13-16,19H,6-12H2,1-5H3. The van der Waals surface area contributed by atoms with Gasteiger partial charge >= 0.3 is 0 Å². The van der Waals surface area contributed by atoms with Crippen LogP contribution in [0.2, 0.25) is 0 Å². The minimum atomic E-state index is -0.346. The predicted molar refractivity (Wildman–Crippen MR) is 87.9 cm³/mol. The van der Waals surface area contributed by atoms with Gasteiger partial charge in [0.05, 0.1) is 11.7 Å². The van der Waals surface area contributed by atoms with Crippen molar-refractivity contribution in [3.63, 3.8) is 0 Å². The zero-order chi connectivity index (χ0) is 15.6. The molecule has 0 aromatic heterocycles. The summed E-state index contributed by atoms with van der Waals surface area (Å²) in [6.07, 6.45) is 7.43. The fourth-order valence-corrected chi connectivity index (χ4v) is 3.85. The van der Waals surface area contributed by atoms with E-state index in [2.05, 4.69) is 44.8 Å². The Hall–Kier alpha value is -0.570. The van der Waals surface area contributed by atoms with Crippen molar-refractivity contribution < 1.29 is 4.79 Å². The van der Waals surface area contributed by atoms with Gasteiger partial charge in [-0.3, -0.25) is 10.1 Å². The first-order valence-corrected chi connectivity index (χ1v) is 8.94. The van der Waals surface area contributed by atoms with E-state index in [9.17, 15) is 4.79 Å². The SMILES string of the molecule is CCC1(C)NC(CC(C)C)N(CC2CCC(C)CC2)C1=O. The summed E-state index contributed by atoms with van der Waals surface area (Å²) in [5.74, 6) is 2.53. The van der Waals surface area contributed by atoms with Crippen molar-refractivity contribution in [1.29, 1.82) is 0 Å². The van der Waals surface area contributed by atoms with Gasteiger partial charge in [0.1, 0.15) is 0 Å². The highest BCUT2D eigenvalue weighted by Gasteiger charge is 2.47. The maximum Gasteiger partial charge on any atom is 0.243 e. The molecular weight excluding hydrogens is 260 g/mol. The van der Waals surface area contributed by atoms with E-state index in [1.54, 1.807) is 0 Å². The van der Waals surface area contributed by atoms with Crippen LogP contribution in [0.5, 0.6) is 0 Å². The summed E-state index contributed by atoms with van der Waals surface area (Å²) in [5, 5.41) is 3.62. The van der Waals surface area contributed by atoms with E-state index in [1.165, 1.54) is 25.7 Å². The molecule has 1 aliphatic carbocycles. The smallest absolute Gasteiger partial charge is 0.243 e. The first-order valence-electron chi connectivity index (χ1n) is 8.94. The fraction of sp³-hybridized carbons (Fsp3) is 0.944. The molecule has 0 bridgehead atoms. The van der Waals surface area contributed by atoms with E-state index in [4.69, 9.17) is 0 Å². The lowest BCUT2D eigenvalue weighted by molar-refractivity contribution is -0.133. The number of amides is 1. The number of nitrogens with zero attached hydrogens (tertiary/aromatic N) is 1. The highest BCUT2D eigenvalue weighted by atomic mass is 16.2. The van der Waals surface area contributed by atoms with Crippen molar-refractivity contribution in [2.24, 2.45) is 17.8 Å². The Balaban J connectivity index is 2.04. The molecule has 2 fully saturated rings. The van der Waals surface area contributed by atoms with Gasteiger partial charge in [0.2, 0.25) is 5.91 Å². The van der Waals surface area contributed by atoms with E-state index in [-0.39, 0.29) is 11.7 Å². The Kier molecular flexibility index (Phi) is 5.34. The number of hydrogen-bond donors (Lipinski definition) is 1. The lowest BCUT2D eigenvalue weighted by Gasteiger charge is -2.33. The van der Waals surface area contributed by atoms with Crippen molar-refractivity contribution >= 4 is 5.91 Å². The molecule has 122 valence electrons. The van der Waals surface area contributed by atoms with Crippen molar-refractivity contribution in [3.8, 4) is 0 Å². The van der Waals surface area contributed by atoms with E-state index < -0.39 is 0 Å². The molecule has 2 aliphatic rings. The molecule has 1 saturated carbocycles. The van der Waals surface area contributed by atoms with Crippen LogP contribution in [0.25, 0.3) is 0 Å². The molecule has 2 unspecified atom stereocenters. The Morgan fingerprint density at radius 2 is 1.90 bits per heavy atom. The third kappa shape index (κ3) is 3.80. The molecule has 0 aromatic carbocycles. The van der Waals surface area contributed by atoms with Gasteiger partial charge in [0.25, 0.3) is 0 Å². The van der Waals surface area contributed by atoms with E-state index >= 15 is 0 Å². The molecule has 1 N–H and O–H groups in total. The fourth-order valence-electron chi connectivity index (χ4n) is 3.85. The minimum Gasteiger partial charge on any atom is -0.325 e. The van der Waals surface area contributed by atoms with Gasteiger partial charge in [0, 0.05) is 6.54 Å². The summed E-state index contributed by atoms with van der Waals surface area (Å²) in [7, 11) is 0. The molecule has 0 aromatic rings. The van der Waals surface area contributed by atoms with E-state index in [1.807, 2.05) is 0 Å². The van der Waals surface area contributed by atoms with Gasteiger partial charge in [0.15, 0.2) is 0 Å². The summed E-state index contributed by atoms with van der Waals surface area (Å²) in [4.78, 5) is 15.0. The average molecular weight is 294 g/mol. The third-order valence-corrected chi connectivity index (χ3v) is 5.59. The van der Waals surface area contributed by atoms with E-state index in [0.717, 1.165) is 25.3 Å². The molecular formula is C18H34N2O. The molecule has 0 spiro atoms. The number of carbonyl (C=O) groups is 1. The van der Waals surface area contributed by atoms with Crippen LogP contribution in [0.15, 0.2) is 0 Å². The van der Waals surface area contributed by atoms with Gasteiger partial charge in [-0.1, -0.05) is 40.5 Å². The summed E-state index contributed by atoms with van der Waals surface area (Å²) in [6, 6.07) is 0. The van der Waals surface area contributed by atoms with Crippen LogP contribution in [0.1, 0.15) is 73.1 Å². The Labute approximate surface area is 130 Å². The molecule has 3 heteroatoms. The van der Waals surface area contributed by atoms with Crippen LogP contribution >= 0.6 is 0 Å². The van der Waals surface area contributed by atoms with Crippen molar-refractivity contribution in [2.75, 3.05) is 6.54 Å². The highest BCUT2D eigenvalue weighted by Crippen LogP contribution is 2.33. The molecule has 1 amide bonds. The summed E-state index contributed by atoms with van der Waals surface area (Å²) in [5.41, 5.74) is -0.346. The number of carbonyl (C=O) groups excluding carboxylic acids is 1. The predicted octanol–water partition coefficient (Wildman–Crippen LogP) is 3.79. The molecule has 1 heterocycles. The second-order valence-corrected chi connectivity index (χ2v) is 8.06. The number of hydrogen-bond acceptors (Lipinski definition) is 2. The van der Waals surface area contributed by atoms with E-state index in [0.29, 0.717) is 17.7 Å². The molecule has 21 heavy (non-hydrogen) atoms. The van der Waals surface area contributed by atoms with Crippen LogP contribution in [0.4, 0.5) is 0 Å². The first-order chi connectivity index (χ1) is 9.85. The quantitative estimate of drug-likeness (QED) is 0.837. The molecule has 2 atom stereocenters. The Bertz CT molecular complexity index is 360. The monoisotopic (exact) mass is 294 g/mol. The zero-order valence-corrected chi connectivity index (χ0v) is 14.6. The van der Waals surface area contributed by atoms with Crippen molar-refractivity contribution in [3.05, 3.63) is 0 Å². The van der Waals surface area contributed by atoms with Gasteiger partial charge in [-0.05, 0) is 50.4 Å². The van der Waals surface area contributed by atoms with Crippen molar-refractivity contribution in [2.45, 2.75) is 84.8 Å². The Morgan fingerprint density at radius 1 is 1.29 bits per heavy atom. The minimum absolute atomic E-state index is 0.238. The molecule has 3 nitrogen and oxygen atoms in total. The highest BCUT2D eigenvalue weighted by molar-refractivity contribution is 5.88. The first kappa shape index (κ1) is 16.8. The number of rotatable bonds is 5. The topological polar surface area (TPSA) is 32.3 Å². The second kappa shape index (κ2) is 6.68. The Morgan fingerprint density at radius 3 is 2.43 bits per heavy atom. The summed E-state index contributed by atoms with van der Waals surface area (Å²) in [6.45, 7) is 12.0. The van der Waals surface area contributed by atoms with Crippen LogP contribution in [-0.2, 0) is 4.79 Å². The maximum absolute atomic E-state index is 12.9. The average Bonchev–Trinajstić information content (AvgIpc) is 2.66. The normalized spacial score (nSPS) is 37.5. The van der Waals surface area contributed by atoms with Gasteiger partial charge in [-0.25, -0.2) is 0 Å². The van der Waals surface area contributed by atoms with Crippen LogP contribution < -0.4 is 5.32 Å². The van der Waals surface area contributed by atoms with Gasteiger partial charge in [-0.2, -0.15) is 0 Å².